The van der Waals surface area contributed by atoms with Crippen molar-refractivity contribution in [2.24, 2.45) is 0 Å². The van der Waals surface area contributed by atoms with E-state index >= 15 is 0 Å². The van der Waals surface area contributed by atoms with Crippen molar-refractivity contribution in [2.45, 2.75) is 65.8 Å². The fourth-order valence-electron chi connectivity index (χ4n) is 5.05. The summed E-state index contributed by atoms with van der Waals surface area (Å²) in [5.41, 5.74) is 8.41. The van der Waals surface area contributed by atoms with E-state index in [0.717, 1.165) is 37.3 Å². The predicted octanol–water partition coefficient (Wildman–Crippen LogP) is 5.53. The molecule has 0 bridgehead atoms. The standard InChI is InChI=1S/C26H30N2O/c1-5-24-27-26-22(28(24)12-11-20-9-7-6-8-10-20)15-21(16-23(26)29)25-18(3)13-17(2)14-19(25)4/h6-10,13-14,21H,5,11-12,15-16H2,1-4H3. The molecule has 0 amide bonds. The average molecular weight is 387 g/mol. The third-order valence-corrected chi connectivity index (χ3v) is 6.22. The maximum absolute atomic E-state index is 13.0. The Hall–Kier alpha value is -2.68. The van der Waals surface area contributed by atoms with E-state index < -0.39 is 0 Å². The van der Waals surface area contributed by atoms with Gasteiger partial charge in [0.2, 0.25) is 0 Å². The number of hydrogen-bond donors (Lipinski definition) is 0. The second kappa shape index (κ2) is 7.98. The second-order valence-electron chi connectivity index (χ2n) is 8.40. The van der Waals surface area contributed by atoms with Crippen LogP contribution in [0.5, 0.6) is 0 Å². The largest absolute Gasteiger partial charge is 0.331 e. The molecule has 0 fully saturated rings. The molecule has 150 valence electrons. The molecule has 4 rings (SSSR count). The van der Waals surface area contributed by atoms with Crippen LogP contribution in [-0.2, 0) is 25.8 Å². The average Bonchev–Trinajstić information content (AvgIpc) is 3.05. The van der Waals surface area contributed by atoms with Gasteiger partial charge in [0.25, 0.3) is 0 Å². The number of benzene rings is 2. The quantitative estimate of drug-likeness (QED) is 0.578. The van der Waals surface area contributed by atoms with Crippen LogP contribution in [0.4, 0.5) is 0 Å². The normalized spacial score (nSPS) is 16.1. The summed E-state index contributed by atoms with van der Waals surface area (Å²) in [7, 11) is 0. The molecule has 0 aliphatic heterocycles. The van der Waals surface area contributed by atoms with Crippen molar-refractivity contribution in [3.8, 4) is 0 Å². The highest BCUT2D eigenvalue weighted by Gasteiger charge is 2.32. The molecule has 1 aliphatic carbocycles. The molecular weight excluding hydrogens is 356 g/mol. The van der Waals surface area contributed by atoms with Gasteiger partial charge in [-0.15, -0.1) is 0 Å². The number of carbonyl (C=O) groups is 1. The molecule has 0 N–H and O–H groups in total. The first-order valence-corrected chi connectivity index (χ1v) is 10.7. The topological polar surface area (TPSA) is 34.9 Å². The minimum atomic E-state index is 0.198. The Labute approximate surface area is 173 Å². The summed E-state index contributed by atoms with van der Waals surface area (Å²) in [6.07, 6.45) is 3.27. The maximum Gasteiger partial charge on any atom is 0.183 e. The minimum absolute atomic E-state index is 0.198. The van der Waals surface area contributed by atoms with Crippen LogP contribution in [0.3, 0.4) is 0 Å². The predicted molar refractivity (Wildman–Crippen MR) is 118 cm³/mol. The summed E-state index contributed by atoms with van der Waals surface area (Å²) in [6, 6.07) is 15.0. The summed E-state index contributed by atoms with van der Waals surface area (Å²) < 4.78 is 2.32. The van der Waals surface area contributed by atoms with E-state index in [1.54, 1.807) is 0 Å². The summed E-state index contributed by atoms with van der Waals surface area (Å²) >= 11 is 0. The fraction of sp³-hybridized carbons (Fsp3) is 0.385. The molecule has 3 aromatic rings. The van der Waals surface area contributed by atoms with Gasteiger partial charge in [-0.1, -0.05) is 55.0 Å². The highest BCUT2D eigenvalue weighted by Crippen LogP contribution is 2.36. The Morgan fingerprint density at radius 2 is 1.72 bits per heavy atom. The van der Waals surface area contributed by atoms with Gasteiger partial charge in [0.05, 0.1) is 0 Å². The molecule has 1 unspecified atom stereocenters. The first-order chi connectivity index (χ1) is 14.0. The van der Waals surface area contributed by atoms with Gasteiger partial charge in [-0.05, 0) is 61.8 Å². The van der Waals surface area contributed by atoms with Crippen LogP contribution in [0.2, 0.25) is 0 Å². The Morgan fingerprint density at radius 3 is 2.38 bits per heavy atom. The van der Waals surface area contributed by atoms with Crippen LogP contribution in [0.25, 0.3) is 0 Å². The molecule has 29 heavy (non-hydrogen) atoms. The van der Waals surface area contributed by atoms with Crippen LogP contribution in [0.1, 0.15) is 69.1 Å². The third kappa shape index (κ3) is 3.78. The fourth-order valence-corrected chi connectivity index (χ4v) is 5.05. The minimum Gasteiger partial charge on any atom is -0.331 e. The van der Waals surface area contributed by atoms with Crippen LogP contribution < -0.4 is 0 Å². The number of rotatable bonds is 5. The maximum atomic E-state index is 13.0. The van der Waals surface area contributed by atoms with Gasteiger partial charge in [-0.2, -0.15) is 0 Å². The Balaban J connectivity index is 1.69. The van der Waals surface area contributed by atoms with Crippen molar-refractivity contribution in [1.82, 2.24) is 9.55 Å². The monoisotopic (exact) mass is 386 g/mol. The molecular formula is C26H30N2O. The van der Waals surface area contributed by atoms with Crippen LogP contribution in [0, 0.1) is 20.8 Å². The van der Waals surface area contributed by atoms with E-state index in [4.69, 9.17) is 4.98 Å². The van der Waals surface area contributed by atoms with Gasteiger partial charge in [-0.3, -0.25) is 4.79 Å². The summed E-state index contributed by atoms with van der Waals surface area (Å²) in [5.74, 6) is 1.48. The summed E-state index contributed by atoms with van der Waals surface area (Å²) in [4.78, 5) is 17.8. The Morgan fingerprint density at radius 1 is 1.03 bits per heavy atom. The molecule has 3 nitrogen and oxygen atoms in total. The second-order valence-corrected chi connectivity index (χ2v) is 8.40. The number of aromatic nitrogens is 2. The van der Waals surface area contributed by atoms with Gasteiger partial charge in [0.1, 0.15) is 11.5 Å². The summed E-state index contributed by atoms with van der Waals surface area (Å²) in [5, 5.41) is 0. The number of ketones is 1. The van der Waals surface area contributed by atoms with Crippen molar-refractivity contribution < 1.29 is 4.79 Å². The molecule has 0 radical (unpaired) electrons. The molecule has 1 aromatic heterocycles. The van der Waals surface area contributed by atoms with Gasteiger partial charge in [-0.25, -0.2) is 4.98 Å². The SMILES string of the molecule is CCc1nc2c(n1CCc1ccccc1)CC(c1c(C)cc(C)cc1C)CC2=O. The smallest absolute Gasteiger partial charge is 0.183 e. The lowest BCUT2D eigenvalue weighted by atomic mass is 9.79. The number of nitrogens with zero attached hydrogens (tertiary/aromatic N) is 2. The zero-order valence-corrected chi connectivity index (χ0v) is 18.0. The van der Waals surface area contributed by atoms with E-state index in [1.807, 2.05) is 0 Å². The van der Waals surface area contributed by atoms with Gasteiger partial charge in [0, 0.05) is 25.1 Å². The van der Waals surface area contributed by atoms with E-state index in [2.05, 4.69) is 74.7 Å². The van der Waals surface area contributed by atoms with Gasteiger partial charge in [0.15, 0.2) is 5.78 Å². The molecule has 1 atom stereocenters. The Kier molecular flexibility index (Phi) is 5.40. The number of Topliss-reactive ketones (excluding diaryl/α,β-unsaturated/α-hetero) is 1. The number of imidazole rings is 1. The molecule has 0 saturated heterocycles. The van der Waals surface area contributed by atoms with Crippen molar-refractivity contribution in [1.29, 1.82) is 0 Å². The van der Waals surface area contributed by atoms with Crippen LogP contribution >= 0.6 is 0 Å². The zero-order valence-electron chi connectivity index (χ0n) is 18.0. The molecule has 0 saturated carbocycles. The lowest BCUT2D eigenvalue weighted by Crippen LogP contribution is -2.22. The number of fused-ring (bicyclic) bond motifs is 1. The van der Waals surface area contributed by atoms with Gasteiger partial charge >= 0.3 is 0 Å². The van der Waals surface area contributed by atoms with Crippen LogP contribution in [0.15, 0.2) is 42.5 Å². The molecule has 3 heteroatoms. The van der Waals surface area contributed by atoms with E-state index in [0.29, 0.717) is 12.1 Å². The molecule has 0 spiro atoms. The van der Waals surface area contributed by atoms with Crippen LogP contribution in [-0.4, -0.2) is 15.3 Å². The lowest BCUT2D eigenvalue weighted by Gasteiger charge is -2.26. The number of aryl methyl sites for hydroxylation is 5. The van der Waals surface area contributed by atoms with Crippen molar-refractivity contribution >= 4 is 5.78 Å². The Bertz CT molecular complexity index is 1020. The van der Waals surface area contributed by atoms with E-state index in [9.17, 15) is 4.79 Å². The molecule has 2 aromatic carbocycles. The molecule has 1 aliphatic rings. The van der Waals surface area contributed by atoms with E-state index in [-0.39, 0.29) is 11.7 Å². The zero-order chi connectivity index (χ0) is 20.5. The summed E-state index contributed by atoms with van der Waals surface area (Å²) in [6.45, 7) is 9.50. The molecule has 1 heterocycles. The van der Waals surface area contributed by atoms with Crippen molar-refractivity contribution in [3.63, 3.8) is 0 Å². The highest BCUT2D eigenvalue weighted by molar-refractivity contribution is 5.97. The first-order valence-electron chi connectivity index (χ1n) is 10.7. The number of carbonyl (C=O) groups excluding carboxylic acids is 1. The third-order valence-electron chi connectivity index (χ3n) is 6.22. The first kappa shape index (κ1) is 19.6. The van der Waals surface area contributed by atoms with Gasteiger partial charge < -0.3 is 4.57 Å². The van der Waals surface area contributed by atoms with Crippen molar-refractivity contribution in [3.05, 3.63) is 87.5 Å². The number of hydrogen-bond acceptors (Lipinski definition) is 2. The van der Waals surface area contributed by atoms with E-state index in [1.165, 1.54) is 27.8 Å². The highest BCUT2D eigenvalue weighted by atomic mass is 16.1. The lowest BCUT2D eigenvalue weighted by molar-refractivity contribution is 0.0958. The van der Waals surface area contributed by atoms with Crippen molar-refractivity contribution in [2.75, 3.05) is 0 Å².